The van der Waals surface area contributed by atoms with Crippen LogP contribution in [0.1, 0.15) is 45.6 Å². The van der Waals surface area contributed by atoms with Crippen LogP contribution in [0.15, 0.2) is 28.7 Å². The molecular weight excluding hydrogens is 372 g/mol. The second kappa shape index (κ2) is 8.62. The molecule has 1 rings (SSSR count). The molecule has 134 valence electrons. The fraction of sp³-hybridized carbons (Fsp3) is 0.556. The van der Waals surface area contributed by atoms with E-state index >= 15 is 0 Å². The summed E-state index contributed by atoms with van der Waals surface area (Å²) in [6, 6.07) is 7.76. The van der Waals surface area contributed by atoms with E-state index in [1.165, 1.54) is 7.11 Å². The summed E-state index contributed by atoms with van der Waals surface area (Å²) >= 11 is 3.46. The first kappa shape index (κ1) is 20.6. The zero-order valence-electron chi connectivity index (χ0n) is 15.0. The van der Waals surface area contributed by atoms with Crippen molar-refractivity contribution in [1.29, 1.82) is 0 Å². The van der Waals surface area contributed by atoms with Gasteiger partial charge in [0.15, 0.2) is 0 Å². The van der Waals surface area contributed by atoms with E-state index in [1.54, 1.807) is 7.05 Å². The first-order valence-corrected chi connectivity index (χ1v) is 8.78. The number of hydrazine groups is 1. The van der Waals surface area contributed by atoms with Crippen LogP contribution in [0.4, 0.5) is 0 Å². The lowest BCUT2D eigenvalue weighted by Gasteiger charge is -2.30. The Labute approximate surface area is 152 Å². The highest BCUT2D eigenvalue weighted by Crippen LogP contribution is 2.34. The fourth-order valence-corrected chi connectivity index (χ4v) is 3.13. The van der Waals surface area contributed by atoms with Gasteiger partial charge in [-0.2, -0.15) is 0 Å². The standard InChI is InChI=1S/C18H27BrN2O3/c1-17(2,16(23)24-5)10-7-11-18(3,15(22)21-20-4)13-8-6-9-14(19)12-13/h6,8-9,12,20H,7,10-11H2,1-5H3,(H,21,22). The summed E-state index contributed by atoms with van der Waals surface area (Å²) in [6.45, 7) is 5.65. The molecule has 24 heavy (non-hydrogen) atoms. The number of benzene rings is 1. The van der Waals surface area contributed by atoms with Crippen LogP contribution in [0.3, 0.4) is 0 Å². The van der Waals surface area contributed by atoms with Gasteiger partial charge < -0.3 is 4.74 Å². The van der Waals surface area contributed by atoms with Crippen molar-refractivity contribution < 1.29 is 14.3 Å². The van der Waals surface area contributed by atoms with E-state index in [0.717, 1.165) is 16.5 Å². The molecule has 0 fully saturated rings. The molecule has 1 aromatic carbocycles. The van der Waals surface area contributed by atoms with Crippen molar-refractivity contribution in [2.45, 2.75) is 45.4 Å². The van der Waals surface area contributed by atoms with E-state index in [0.29, 0.717) is 12.8 Å². The van der Waals surface area contributed by atoms with Gasteiger partial charge in [-0.1, -0.05) is 34.5 Å². The third-order valence-corrected chi connectivity index (χ3v) is 4.91. The summed E-state index contributed by atoms with van der Waals surface area (Å²) in [4.78, 5) is 24.5. The van der Waals surface area contributed by atoms with Crippen LogP contribution < -0.4 is 10.9 Å². The Hall–Kier alpha value is -1.40. The lowest BCUT2D eigenvalue weighted by Crippen LogP contribution is -2.47. The van der Waals surface area contributed by atoms with Crippen LogP contribution in [0.2, 0.25) is 0 Å². The average molecular weight is 399 g/mol. The molecule has 0 aliphatic rings. The third-order valence-electron chi connectivity index (χ3n) is 4.42. The first-order chi connectivity index (χ1) is 11.2. The molecule has 0 saturated carbocycles. The van der Waals surface area contributed by atoms with Crippen molar-refractivity contribution >= 4 is 27.8 Å². The Balaban J connectivity index is 2.96. The Morgan fingerprint density at radius 2 is 1.88 bits per heavy atom. The molecule has 0 aliphatic heterocycles. The number of hydrogen-bond donors (Lipinski definition) is 2. The summed E-state index contributed by atoms with van der Waals surface area (Å²) < 4.78 is 5.78. The summed E-state index contributed by atoms with van der Waals surface area (Å²) in [7, 11) is 3.07. The molecule has 0 spiro atoms. The smallest absolute Gasteiger partial charge is 0.311 e. The van der Waals surface area contributed by atoms with E-state index in [1.807, 2.05) is 45.0 Å². The predicted octanol–water partition coefficient (Wildman–Crippen LogP) is 3.33. The van der Waals surface area contributed by atoms with Gasteiger partial charge in [0.2, 0.25) is 5.91 Å². The van der Waals surface area contributed by atoms with Gasteiger partial charge >= 0.3 is 5.97 Å². The van der Waals surface area contributed by atoms with Gasteiger partial charge in [0.05, 0.1) is 17.9 Å². The van der Waals surface area contributed by atoms with E-state index in [4.69, 9.17) is 4.74 Å². The number of esters is 1. The molecule has 5 nitrogen and oxygen atoms in total. The van der Waals surface area contributed by atoms with Gasteiger partial charge in [-0.15, -0.1) is 0 Å². The lowest BCUT2D eigenvalue weighted by molar-refractivity contribution is -0.151. The van der Waals surface area contributed by atoms with Gasteiger partial charge in [-0.05, 0) is 51.3 Å². The van der Waals surface area contributed by atoms with Crippen molar-refractivity contribution in [3.05, 3.63) is 34.3 Å². The van der Waals surface area contributed by atoms with Gasteiger partial charge in [-0.25, -0.2) is 5.43 Å². The zero-order chi connectivity index (χ0) is 18.4. The predicted molar refractivity (Wildman–Crippen MR) is 98.3 cm³/mol. The number of amides is 1. The quantitative estimate of drug-likeness (QED) is 0.520. The monoisotopic (exact) mass is 398 g/mol. The number of carbonyl (C=O) groups excluding carboxylic acids is 2. The molecule has 2 N–H and O–H groups in total. The maximum absolute atomic E-state index is 12.6. The van der Waals surface area contributed by atoms with E-state index in [2.05, 4.69) is 26.8 Å². The molecule has 0 heterocycles. The highest BCUT2D eigenvalue weighted by Gasteiger charge is 2.36. The van der Waals surface area contributed by atoms with Crippen LogP contribution in [0.5, 0.6) is 0 Å². The maximum atomic E-state index is 12.6. The highest BCUT2D eigenvalue weighted by atomic mass is 79.9. The Kier molecular flexibility index (Phi) is 7.42. The van der Waals surface area contributed by atoms with Gasteiger partial charge in [0.1, 0.15) is 0 Å². The number of halogens is 1. The molecule has 0 aliphatic carbocycles. The van der Waals surface area contributed by atoms with Crippen LogP contribution in [-0.4, -0.2) is 26.0 Å². The SMILES string of the molecule is CNNC(=O)C(C)(CCCC(C)(C)C(=O)OC)c1cccc(Br)c1. The van der Waals surface area contributed by atoms with Gasteiger partial charge in [0.25, 0.3) is 0 Å². The summed E-state index contributed by atoms with van der Waals surface area (Å²) in [5.41, 5.74) is 5.07. The van der Waals surface area contributed by atoms with Crippen LogP contribution in [0.25, 0.3) is 0 Å². The first-order valence-electron chi connectivity index (χ1n) is 7.99. The van der Waals surface area contributed by atoms with E-state index in [-0.39, 0.29) is 11.9 Å². The molecule has 1 atom stereocenters. The molecule has 0 radical (unpaired) electrons. The Bertz CT molecular complexity index is 589. The van der Waals surface area contributed by atoms with E-state index < -0.39 is 10.8 Å². The molecule has 6 heteroatoms. The topological polar surface area (TPSA) is 67.4 Å². The molecule has 0 aromatic heterocycles. The normalized spacial score (nSPS) is 13.9. The highest BCUT2D eigenvalue weighted by molar-refractivity contribution is 9.10. The van der Waals surface area contributed by atoms with E-state index in [9.17, 15) is 9.59 Å². The second-order valence-corrected chi connectivity index (χ2v) is 7.69. The van der Waals surface area contributed by atoms with Crippen LogP contribution in [0, 0.1) is 5.41 Å². The van der Waals surface area contributed by atoms with Crippen molar-refractivity contribution in [3.63, 3.8) is 0 Å². The van der Waals surface area contributed by atoms with Crippen LogP contribution in [-0.2, 0) is 19.7 Å². The van der Waals surface area contributed by atoms with Gasteiger partial charge in [0, 0.05) is 11.5 Å². The minimum Gasteiger partial charge on any atom is -0.469 e. The van der Waals surface area contributed by atoms with Crippen molar-refractivity contribution in [2.24, 2.45) is 5.41 Å². The fourth-order valence-electron chi connectivity index (χ4n) is 2.73. The van der Waals surface area contributed by atoms with Gasteiger partial charge in [-0.3, -0.25) is 15.0 Å². The van der Waals surface area contributed by atoms with Crippen LogP contribution >= 0.6 is 15.9 Å². The minimum absolute atomic E-state index is 0.0982. The Morgan fingerprint density at radius 3 is 2.42 bits per heavy atom. The number of carbonyl (C=O) groups is 2. The van der Waals surface area contributed by atoms with Crippen molar-refractivity contribution in [2.75, 3.05) is 14.2 Å². The summed E-state index contributed by atoms with van der Waals surface area (Å²) in [5.74, 6) is -0.328. The number of methoxy groups -OCH3 is 1. The second-order valence-electron chi connectivity index (χ2n) is 6.78. The molecule has 1 aromatic rings. The number of hydrogen-bond acceptors (Lipinski definition) is 4. The maximum Gasteiger partial charge on any atom is 0.311 e. The van der Waals surface area contributed by atoms with Crippen molar-refractivity contribution in [1.82, 2.24) is 10.9 Å². The third kappa shape index (κ3) is 5.05. The number of nitrogens with one attached hydrogen (secondary N) is 2. The largest absolute Gasteiger partial charge is 0.469 e. The Morgan fingerprint density at radius 1 is 1.21 bits per heavy atom. The lowest BCUT2D eigenvalue weighted by atomic mass is 9.75. The number of ether oxygens (including phenoxy) is 1. The molecule has 1 amide bonds. The molecule has 0 bridgehead atoms. The average Bonchev–Trinajstić information content (AvgIpc) is 2.53. The molecular formula is C18H27BrN2O3. The summed E-state index contributed by atoms with van der Waals surface area (Å²) in [5, 5.41) is 0. The zero-order valence-corrected chi connectivity index (χ0v) is 16.6. The molecule has 1 unspecified atom stereocenters. The molecule has 0 saturated heterocycles. The minimum atomic E-state index is -0.695. The number of rotatable bonds is 8. The van der Waals surface area contributed by atoms with Crippen molar-refractivity contribution in [3.8, 4) is 0 Å². The summed E-state index contributed by atoms with van der Waals surface area (Å²) in [6.07, 6.45) is 2.00.